The first kappa shape index (κ1) is 18.8. The molecule has 0 bridgehead atoms. The lowest BCUT2D eigenvalue weighted by atomic mass is 10.2. The van der Waals surface area contributed by atoms with Gasteiger partial charge in [0, 0.05) is 30.4 Å². The van der Waals surface area contributed by atoms with Gasteiger partial charge in [-0.3, -0.25) is 14.3 Å². The molecule has 1 rings (SSSR count). The molecular formula is C12H17F2N3O3S2. The number of carboxylic acids is 1. The summed E-state index contributed by atoms with van der Waals surface area (Å²) in [6, 6.07) is 0.255. The minimum atomic E-state index is -2.67. The fourth-order valence-corrected chi connectivity index (χ4v) is 3.40. The molecule has 10 heteroatoms. The molecule has 1 aromatic heterocycles. The minimum absolute atomic E-state index is 0.0873. The zero-order valence-corrected chi connectivity index (χ0v) is 13.3. The number of nitrogens with one attached hydrogen (secondary N) is 1. The van der Waals surface area contributed by atoms with Crippen molar-refractivity contribution in [1.82, 2.24) is 15.1 Å². The van der Waals surface area contributed by atoms with Crippen molar-refractivity contribution in [1.29, 1.82) is 0 Å². The summed E-state index contributed by atoms with van der Waals surface area (Å²) in [4.78, 5) is 21.9. The summed E-state index contributed by atoms with van der Waals surface area (Å²) in [5.74, 6) is -0.243. The maximum Gasteiger partial charge on any atom is 0.304 e. The van der Waals surface area contributed by atoms with Gasteiger partial charge in [0.05, 0.1) is 12.8 Å². The van der Waals surface area contributed by atoms with Gasteiger partial charge in [0.2, 0.25) is 5.91 Å². The predicted octanol–water partition coefficient (Wildman–Crippen LogP) is 2.05. The van der Waals surface area contributed by atoms with Crippen molar-refractivity contribution in [2.45, 2.75) is 25.3 Å². The maximum absolute atomic E-state index is 12.9. The number of alkyl halides is 2. The molecule has 1 amide bonds. The van der Waals surface area contributed by atoms with E-state index in [1.807, 2.05) is 0 Å². The first-order valence-electron chi connectivity index (χ1n) is 6.51. The number of rotatable bonds is 11. The van der Waals surface area contributed by atoms with Crippen LogP contribution in [0.15, 0.2) is 18.5 Å². The molecule has 0 saturated heterocycles. The number of carbonyl (C=O) groups is 2. The van der Waals surface area contributed by atoms with Crippen LogP contribution in [-0.4, -0.2) is 51.2 Å². The smallest absolute Gasteiger partial charge is 0.304 e. The molecule has 22 heavy (non-hydrogen) atoms. The van der Waals surface area contributed by atoms with E-state index in [2.05, 4.69) is 10.4 Å². The Morgan fingerprint density at radius 2 is 2.05 bits per heavy atom. The molecule has 0 aliphatic carbocycles. The second-order valence-corrected chi connectivity index (χ2v) is 6.93. The average Bonchev–Trinajstić information content (AvgIpc) is 2.96. The summed E-state index contributed by atoms with van der Waals surface area (Å²) in [7, 11) is 2.83. The fraction of sp³-hybridized carbons (Fsp3) is 0.583. The van der Waals surface area contributed by atoms with E-state index in [9.17, 15) is 18.4 Å². The van der Waals surface area contributed by atoms with Crippen LogP contribution in [0.4, 0.5) is 8.78 Å². The predicted molar refractivity (Wildman–Crippen MR) is 82.1 cm³/mol. The van der Waals surface area contributed by atoms with Crippen LogP contribution in [0.5, 0.6) is 0 Å². The van der Waals surface area contributed by atoms with Crippen molar-refractivity contribution < 1.29 is 23.5 Å². The van der Waals surface area contributed by atoms with Gasteiger partial charge in [0.1, 0.15) is 6.04 Å². The van der Waals surface area contributed by atoms with E-state index in [0.717, 1.165) is 4.68 Å². The zero-order valence-electron chi connectivity index (χ0n) is 11.7. The third-order valence-corrected chi connectivity index (χ3v) is 4.95. The van der Waals surface area contributed by atoms with E-state index < -0.39 is 24.3 Å². The van der Waals surface area contributed by atoms with Gasteiger partial charge < -0.3 is 10.4 Å². The highest BCUT2D eigenvalue weighted by atomic mass is 33.1. The summed E-state index contributed by atoms with van der Waals surface area (Å²) >= 11 is 0. The third kappa shape index (κ3) is 7.64. The van der Waals surface area contributed by atoms with Gasteiger partial charge in [-0.1, -0.05) is 21.6 Å². The molecule has 1 atom stereocenters. The van der Waals surface area contributed by atoms with Crippen LogP contribution < -0.4 is 5.32 Å². The molecule has 0 radical (unpaired) electrons. The Hall–Kier alpha value is -1.29. The van der Waals surface area contributed by atoms with Crippen LogP contribution in [0.1, 0.15) is 18.9 Å². The second kappa shape index (κ2) is 10.4. The van der Waals surface area contributed by atoms with Crippen molar-refractivity contribution in [3.63, 3.8) is 0 Å². The van der Waals surface area contributed by atoms with Crippen molar-refractivity contribution >= 4 is 33.5 Å². The molecule has 0 saturated carbocycles. The highest BCUT2D eigenvalue weighted by Gasteiger charge is 2.25. The Kier molecular flexibility index (Phi) is 8.90. The third-order valence-electron chi connectivity index (χ3n) is 2.54. The summed E-state index contributed by atoms with van der Waals surface area (Å²) in [5, 5.41) is 14.8. The number of amides is 1. The van der Waals surface area contributed by atoms with Gasteiger partial charge in [0.15, 0.2) is 0 Å². The van der Waals surface area contributed by atoms with Crippen molar-refractivity contribution in [2.75, 3.05) is 18.1 Å². The summed E-state index contributed by atoms with van der Waals surface area (Å²) < 4.78 is 26.9. The van der Waals surface area contributed by atoms with E-state index in [-0.39, 0.29) is 12.8 Å². The Balaban J connectivity index is 2.18. The second-order valence-electron chi connectivity index (χ2n) is 4.23. The topological polar surface area (TPSA) is 84.2 Å². The molecule has 0 aliphatic heterocycles. The number of aromatic nitrogens is 2. The lowest BCUT2D eigenvalue weighted by Gasteiger charge is -2.16. The molecule has 124 valence electrons. The molecular weight excluding hydrogens is 336 g/mol. The van der Waals surface area contributed by atoms with E-state index in [0.29, 0.717) is 18.1 Å². The van der Waals surface area contributed by atoms with E-state index in [1.165, 1.54) is 40.0 Å². The molecule has 0 aromatic carbocycles. The van der Waals surface area contributed by atoms with Crippen LogP contribution in [-0.2, 0) is 9.59 Å². The number of halogens is 2. The Morgan fingerprint density at radius 3 is 2.64 bits per heavy atom. The lowest BCUT2D eigenvalue weighted by molar-refractivity contribution is -0.136. The van der Waals surface area contributed by atoms with Gasteiger partial charge in [-0.05, 0) is 6.07 Å². The quantitative estimate of drug-likeness (QED) is 0.468. The zero-order chi connectivity index (χ0) is 16.4. The minimum Gasteiger partial charge on any atom is -0.481 e. The van der Waals surface area contributed by atoms with Crippen LogP contribution in [0.2, 0.25) is 0 Å². The average molecular weight is 353 g/mol. The van der Waals surface area contributed by atoms with Crippen molar-refractivity contribution in [3.05, 3.63) is 18.5 Å². The van der Waals surface area contributed by atoms with Gasteiger partial charge in [-0.15, -0.1) is 0 Å². The molecule has 1 unspecified atom stereocenters. The number of carbonyl (C=O) groups excluding carboxylic acids is 1. The molecule has 0 aliphatic rings. The standard InChI is InChI=1S/C12H17F2N3O3S2/c13-12(14)9(17-5-1-3-16-17)8-10(18)15-4-7-22-21-6-2-11(19)20/h1,3,5,9,12H,2,4,6-8H2,(H,15,18)(H,19,20). The first-order chi connectivity index (χ1) is 10.5. The maximum atomic E-state index is 12.9. The molecule has 6 nitrogen and oxygen atoms in total. The lowest BCUT2D eigenvalue weighted by Crippen LogP contribution is -2.30. The van der Waals surface area contributed by atoms with Crippen molar-refractivity contribution in [3.8, 4) is 0 Å². The number of nitrogens with zero attached hydrogens (tertiary/aromatic N) is 2. The summed E-state index contributed by atoms with van der Waals surface area (Å²) in [6.45, 7) is 0.346. The van der Waals surface area contributed by atoms with Gasteiger partial charge in [-0.2, -0.15) is 5.10 Å². The Labute approximate surface area is 134 Å². The first-order valence-corrected chi connectivity index (χ1v) is 8.99. The molecule has 0 fully saturated rings. The van der Waals surface area contributed by atoms with Gasteiger partial charge in [0.25, 0.3) is 6.43 Å². The van der Waals surface area contributed by atoms with Crippen LogP contribution in [0, 0.1) is 0 Å². The highest BCUT2D eigenvalue weighted by molar-refractivity contribution is 8.76. The monoisotopic (exact) mass is 353 g/mol. The largest absolute Gasteiger partial charge is 0.481 e. The summed E-state index contributed by atoms with van der Waals surface area (Å²) in [5.41, 5.74) is 0. The number of hydrogen-bond acceptors (Lipinski definition) is 5. The number of hydrogen-bond donors (Lipinski definition) is 2. The SMILES string of the molecule is O=C(O)CCSSCCNC(=O)CC(C(F)F)n1cccn1. The molecule has 0 spiro atoms. The summed E-state index contributed by atoms with van der Waals surface area (Å²) in [6.07, 6.45) is -0.135. The molecule has 2 N–H and O–H groups in total. The van der Waals surface area contributed by atoms with Crippen LogP contribution in [0.3, 0.4) is 0 Å². The number of aliphatic carboxylic acids is 1. The van der Waals surface area contributed by atoms with E-state index in [1.54, 1.807) is 0 Å². The van der Waals surface area contributed by atoms with E-state index >= 15 is 0 Å². The van der Waals surface area contributed by atoms with Crippen LogP contribution >= 0.6 is 21.6 Å². The highest BCUT2D eigenvalue weighted by Crippen LogP contribution is 2.21. The van der Waals surface area contributed by atoms with Crippen molar-refractivity contribution in [2.24, 2.45) is 0 Å². The van der Waals surface area contributed by atoms with E-state index in [4.69, 9.17) is 5.11 Å². The van der Waals surface area contributed by atoms with Gasteiger partial charge in [-0.25, -0.2) is 8.78 Å². The molecule has 1 aromatic rings. The number of carboxylic acid groups (broad SMARTS) is 1. The van der Waals surface area contributed by atoms with Crippen LogP contribution in [0.25, 0.3) is 0 Å². The Bertz CT molecular complexity index is 460. The fourth-order valence-electron chi connectivity index (χ4n) is 1.52. The Morgan fingerprint density at radius 1 is 1.32 bits per heavy atom. The normalized spacial score (nSPS) is 12.3. The van der Waals surface area contributed by atoms with Gasteiger partial charge >= 0.3 is 5.97 Å². The molecule has 1 heterocycles.